The molecule has 2 heterocycles. The van der Waals surface area contributed by atoms with Gasteiger partial charge in [-0.1, -0.05) is 12.1 Å². The second-order valence-corrected chi connectivity index (χ2v) is 3.04. The van der Waals surface area contributed by atoms with Crippen LogP contribution in [0.4, 0.5) is 0 Å². The molecule has 1 aromatic carbocycles. The number of rotatable bonds is 0. The highest BCUT2D eigenvalue weighted by Gasteiger charge is 2.12. The van der Waals surface area contributed by atoms with Crippen LogP contribution < -0.4 is 5.56 Å². The zero-order valence-electron chi connectivity index (χ0n) is 7.54. The lowest BCUT2D eigenvalue weighted by atomic mass is 10.3. The lowest BCUT2D eigenvalue weighted by Crippen LogP contribution is -2.13. The Balaban J connectivity index is 2.54. The van der Waals surface area contributed by atoms with E-state index in [0.29, 0.717) is 16.9 Å². The smallest absolute Gasteiger partial charge is 0.317 e. The van der Waals surface area contributed by atoms with Crippen molar-refractivity contribution >= 4 is 11.1 Å². The molecule has 0 saturated heterocycles. The second-order valence-electron chi connectivity index (χ2n) is 3.04. The van der Waals surface area contributed by atoms with Crippen LogP contribution in [-0.2, 0) is 0 Å². The standard InChI is InChI=1S/C10H5N3O2/c14-10-9-8(5-11-13-10)15-7-4-2-1-3-6(7)12-9/h1-5H. The average Bonchev–Trinajstić information content (AvgIpc) is 2.27. The van der Waals surface area contributed by atoms with Gasteiger partial charge in [-0.3, -0.25) is 4.79 Å². The molecule has 0 spiro atoms. The van der Waals surface area contributed by atoms with Gasteiger partial charge in [0, 0.05) is 0 Å². The summed E-state index contributed by atoms with van der Waals surface area (Å²) < 4.78 is 5.46. The monoisotopic (exact) mass is 199 g/mol. The van der Waals surface area contributed by atoms with E-state index in [-0.39, 0.29) is 5.69 Å². The molecule has 15 heavy (non-hydrogen) atoms. The van der Waals surface area contributed by atoms with Crippen LogP contribution in [0.15, 0.2) is 39.7 Å². The van der Waals surface area contributed by atoms with Gasteiger partial charge in [0.2, 0.25) is 0 Å². The fourth-order valence-electron chi connectivity index (χ4n) is 1.40. The summed E-state index contributed by atoms with van der Waals surface area (Å²) in [6, 6.07) is 7.23. The van der Waals surface area contributed by atoms with Gasteiger partial charge >= 0.3 is 5.56 Å². The Morgan fingerprint density at radius 1 is 1.20 bits per heavy atom. The van der Waals surface area contributed by atoms with Gasteiger partial charge in [-0.2, -0.15) is 5.10 Å². The first-order valence-electron chi connectivity index (χ1n) is 4.36. The number of hydrogen-bond acceptors (Lipinski definition) is 5. The Kier molecular flexibility index (Phi) is 1.53. The van der Waals surface area contributed by atoms with Crippen LogP contribution in [0.25, 0.3) is 22.6 Å². The fourth-order valence-corrected chi connectivity index (χ4v) is 1.40. The third kappa shape index (κ3) is 1.17. The first kappa shape index (κ1) is 8.05. The van der Waals surface area contributed by atoms with Crippen LogP contribution in [0.2, 0.25) is 0 Å². The first-order valence-corrected chi connectivity index (χ1v) is 4.36. The molecule has 0 aliphatic carbocycles. The van der Waals surface area contributed by atoms with E-state index in [1.165, 1.54) is 6.20 Å². The third-order valence-corrected chi connectivity index (χ3v) is 2.08. The minimum atomic E-state index is -0.470. The van der Waals surface area contributed by atoms with Gasteiger partial charge in [-0.15, -0.1) is 5.10 Å². The van der Waals surface area contributed by atoms with E-state index in [1.807, 2.05) is 12.1 Å². The lowest BCUT2D eigenvalue weighted by molar-refractivity contribution is 0.604. The molecule has 2 aliphatic rings. The molecular formula is C10H5N3O2. The minimum Gasteiger partial charge on any atom is -0.451 e. The topological polar surface area (TPSA) is 68.9 Å². The zero-order chi connectivity index (χ0) is 10.3. The summed E-state index contributed by atoms with van der Waals surface area (Å²) >= 11 is 0. The minimum absolute atomic E-state index is 0.212. The van der Waals surface area contributed by atoms with Crippen molar-refractivity contribution in [2.24, 2.45) is 0 Å². The molecule has 0 unspecified atom stereocenters. The highest BCUT2D eigenvalue weighted by Crippen LogP contribution is 2.20. The summed E-state index contributed by atoms with van der Waals surface area (Å²) in [5, 5.41) is 6.91. The number of nitrogens with zero attached hydrogens (tertiary/aromatic N) is 3. The van der Waals surface area contributed by atoms with E-state index in [2.05, 4.69) is 15.2 Å². The van der Waals surface area contributed by atoms with Crippen molar-refractivity contribution in [1.29, 1.82) is 0 Å². The van der Waals surface area contributed by atoms with Crippen LogP contribution in [0.1, 0.15) is 0 Å². The molecule has 3 rings (SSSR count). The second kappa shape index (κ2) is 2.84. The van der Waals surface area contributed by atoms with Crippen LogP contribution in [0.5, 0.6) is 0 Å². The summed E-state index contributed by atoms with van der Waals surface area (Å²) in [5.41, 5.74) is 0.998. The van der Waals surface area contributed by atoms with Gasteiger partial charge in [0.15, 0.2) is 17.0 Å². The number of benzene rings is 1. The van der Waals surface area contributed by atoms with Crippen molar-refractivity contribution in [2.45, 2.75) is 0 Å². The number of para-hydroxylation sites is 2. The Morgan fingerprint density at radius 3 is 3.00 bits per heavy atom. The van der Waals surface area contributed by atoms with Gasteiger partial charge in [0.05, 0.1) is 6.20 Å². The molecule has 1 aromatic rings. The Morgan fingerprint density at radius 2 is 2.07 bits per heavy atom. The van der Waals surface area contributed by atoms with E-state index in [4.69, 9.17) is 4.42 Å². The number of hydrogen-bond donors (Lipinski definition) is 0. The Hall–Kier alpha value is -2.30. The molecule has 0 N–H and O–H groups in total. The summed E-state index contributed by atoms with van der Waals surface area (Å²) in [7, 11) is 0. The van der Waals surface area contributed by atoms with Crippen LogP contribution in [0.3, 0.4) is 0 Å². The van der Waals surface area contributed by atoms with Crippen LogP contribution in [-0.4, -0.2) is 15.2 Å². The maximum Gasteiger partial charge on any atom is 0.317 e. The SMILES string of the molecule is O=c1nncc2oc3ccccc3nc1-2. The summed E-state index contributed by atoms with van der Waals surface area (Å²) in [6.07, 6.45) is 1.39. The molecule has 5 nitrogen and oxygen atoms in total. The molecule has 0 amide bonds. The van der Waals surface area contributed by atoms with Crippen molar-refractivity contribution in [2.75, 3.05) is 0 Å². The van der Waals surface area contributed by atoms with Crippen molar-refractivity contribution in [3.63, 3.8) is 0 Å². The summed E-state index contributed by atoms with van der Waals surface area (Å²) in [5.74, 6) is 0.355. The van der Waals surface area contributed by atoms with Crippen molar-refractivity contribution in [1.82, 2.24) is 15.2 Å². The van der Waals surface area contributed by atoms with Gasteiger partial charge in [0.25, 0.3) is 0 Å². The molecule has 2 aliphatic heterocycles. The van der Waals surface area contributed by atoms with E-state index in [1.54, 1.807) is 12.1 Å². The van der Waals surface area contributed by atoms with E-state index in [9.17, 15) is 4.79 Å². The van der Waals surface area contributed by atoms with E-state index in [0.717, 1.165) is 0 Å². The molecule has 0 atom stereocenters. The van der Waals surface area contributed by atoms with Crippen LogP contribution >= 0.6 is 0 Å². The van der Waals surface area contributed by atoms with E-state index < -0.39 is 5.56 Å². The average molecular weight is 199 g/mol. The molecule has 5 heteroatoms. The largest absolute Gasteiger partial charge is 0.451 e. The Bertz CT molecular complexity index is 662. The van der Waals surface area contributed by atoms with Crippen molar-refractivity contribution < 1.29 is 4.42 Å². The molecule has 0 aromatic heterocycles. The van der Waals surface area contributed by atoms with Crippen molar-refractivity contribution in [3.05, 3.63) is 40.8 Å². The lowest BCUT2D eigenvalue weighted by Gasteiger charge is -2.02. The van der Waals surface area contributed by atoms with Gasteiger partial charge in [-0.05, 0) is 12.1 Å². The van der Waals surface area contributed by atoms with Gasteiger partial charge < -0.3 is 4.42 Å². The first-order chi connectivity index (χ1) is 7.34. The number of fused-ring (bicyclic) bond motifs is 2. The molecule has 0 radical (unpaired) electrons. The fraction of sp³-hybridized carbons (Fsp3) is 0. The maximum atomic E-state index is 11.3. The van der Waals surface area contributed by atoms with Gasteiger partial charge in [0.1, 0.15) is 5.52 Å². The normalized spacial score (nSPS) is 10.9. The molecule has 0 bridgehead atoms. The molecule has 72 valence electrons. The van der Waals surface area contributed by atoms with Crippen molar-refractivity contribution in [3.8, 4) is 11.5 Å². The predicted octanol–water partition coefficient (Wildman–Crippen LogP) is 1.08. The molecule has 0 fully saturated rings. The third-order valence-electron chi connectivity index (χ3n) is 2.08. The van der Waals surface area contributed by atoms with Gasteiger partial charge in [-0.25, -0.2) is 4.98 Å². The highest BCUT2D eigenvalue weighted by molar-refractivity contribution is 5.75. The molecular weight excluding hydrogens is 194 g/mol. The predicted molar refractivity (Wildman–Crippen MR) is 52.5 cm³/mol. The Labute approximate surface area is 83.7 Å². The van der Waals surface area contributed by atoms with Crippen LogP contribution in [0, 0.1) is 0 Å². The summed E-state index contributed by atoms with van der Waals surface area (Å²) in [4.78, 5) is 15.5. The number of aromatic nitrogens is 3. The summed E-state index contributed by atoms with van der Waals surface area (Å²) in [6.45, 7) is 0. The maximum absolute atomic E-state index is 11.3. The quantitative estimate of drug-likeness (QED) is 0.507. The van der Waals surface area contributed by atoms with E-state index >= 15 is 0 Å². The highest BCUT2D eigenvalue weighted by atomic mass is 16.3. The zero-order valence-corrected chi connectivity index (χ0v) is 7.54. The molecule has 0 saturated carbocycles.